The van der Waals surface area contributed by atoms with Crippen molar-refractivity contribution in [3.8, 4) is 0 Å². The van der Waals surface area contributed by atoms with Crippen LogP contribution in [0.25, 0.3) is 0 Å². The minimum absolute atomic E-state index is 0.106. The van der Waals surface area contributed by atoms with Gasteiger partial charge < -0.3 is 15.4 Å². The highest BCUT2D eigenvalue weighted by molar-refractivity contribution is 5.76. The minimum Gasteiger partial charge on any atom is -0.378 e. The Morgan fingerprint density at radius 1 is 1.38 bits per heavy atom. The van der Waals surface area contributed by atoms with Crippen LogP contribution in [0.15, 0.2) is 24.5 Å². The first-order chi connectivity index (χ1) is 10.3. The van der Waals surface area contributed by atoms with Crippen LogP contribution in [-0.2, 0) is 16.1 Å². The fourth-order valence-corrected chi connectivity index (χ4v) is 2.42. The lowest BCUT2D eigenvalue weighted by molar-refractivity contribution is -0.124. The standard InChI is InChI=1S/C16H25N3O2/c20-16(11-15-6-1-2-10-21-15)19-9-4-8-18-13-14-5-3-7-17-12-14/h3,5,7,12,15,18H,1-2,4,6,8-11,13H2,(H,19,20). The van der Waals surface area contributed by atoms with E-state index in [2.05, 4.69) is 15.6 Å². The van der Waals surface area contributed by atoms with Crippen LogP contribution in [-0.4, -0.2) is 36.7 Å². The molecule has 0 radical (unpaired) electrons. The molecule has 1 atom stereocenters. The number of ether oxygens (including phenoxy) is 1. The summed E-state index contributed by atoms with van der Waals surface area (Å²) in [5, 5.41) is 6.30. The lowest BCUT2D eigenvalue weighted by Crippen LogP contribution is -2.32. The van der Waals surface area contributed by atoms with Crippen LogP contribution in [0.2, 0.25) is 0 Å². The highest BCUT2D eigenvalue weighted by atomic mass is 16.5. The van der Waals surface area contributed by atoms with Gasteiger partial charge in [-0.05, 0) is 43.9 Å². The zero-order chi connectivity index (χ0) is 14.8. The first-order valence-electron chi connectivity index (χ1n) is 7.82. The summed E-state index contributed by atoms with van der Waals surface area (Å²) in [6.07, 6.45) is 8.51. The predicted octanol–water partition coefficient (Wildman–Crippen LogP) is 1.64. The smallest absolute Gasteiger partial charge is 0.222 e. The third-order valence-corrected chi connectivity index (χ3v) is 3.59. The maximum Gasteiger partial charge on any atom is 0.222 e. The maximum absolute atomic E-state index is 11.7. The third kappa shape index (κ3) is 6.69. The predicted molar refractivity (Wildman–Crippen MR) is 81.8 cm³/mol. The first kappa shape index (κ1) is 15.9. The van der Waals surface area contributed by atoms with E-state index in [-0.39, 0.29) is 12.0 Å². The molecule has 2 N–H and O–H groups in total. The molecule has 1 fully saturated rings. The monoisotopic (exact) mass is 291 g/mol. The van der Waals surface area contributed by atoms with Crippen LogP contribution < -0.4 is 10.6 Å². The Hall–Kier alpha value is -1.46. The van der Waals surface area contributed by atoms with E-state index in [9.17, 15) is 4.79 Å². The second kappa shape index (κ2) is 9.47. The van der Waals surface area contributed by atoms with Gasteiger partial charge in [-0.3, -0.25) is 9.78 Å². The summed E-state index contributed by atoms with van der Waals surface area (Å²) in [4.78, 5) is 15.8. The molecule has 0 aromatic carbocycles. The largest absolute Gasteiger partial charge is 0.378 e. The van der Waals surface area contributed by atoms with E-state index in [1.165, 1.54) is 12.0 Å². The molecule has 1 aliphatic rings. The first-order valence-corrected chi connectivity index (χ1v) is 7.82. The van der Waals surface area contributed by atoms with Crippen molar-refractivity contribution in [2.45, 2.75) is 44.8 Å². The van der Waals surface area contributed by atoms with Gasteiger partial charge in [0.15, 0.2) is 0 Å². The number of rotatable bonds is 8. The Balaban J connectivity index is 1.46. The molecule has 0 aliphatic carbocycles. The van der Waals surface area contributed by atoms with Crippen molar-refractivity contribution in [3.05, 3.63) is 30.1 Å². The summed E-state index contributed by atoms with van der Waals surface area (Å²) in [7, 11) is 0. The van der Waals surface area contributed by atoms with Crippen LogP contribution in [0.5, 0.6) is 0 Å². The quantitative estimate of drug-likeness (QED) is 0.715. The van der Waals surface area contributed by atoms with E-state index in [1.54, 1.807) is 6.20 Å². The number of amides is 1. The minimum atomic E-state index is 0.106. The van der Waals surface area contributed by atoms with Crippen LogP contribution in [0.1, 0.15) is 37.7 Å². The molecule has 1 aromatic rings. The van der Waals surface area contributed by atoms with E-state index in [1.807, 2.05) is 18.3 Å². The fourth-order valence-electron chi connectivity index (χ4n) is 2.42. The van der Waals surface area contributed by atoms with Crippen molar-refractivity contribution in [1.29, 1.82) is 0 Å². The second-order valence-electron chi connectivity index (χ2n) is 5.43. The van der Waals surface area contributed by atoms with Crippen molar-refractivity contribution in [2.75, 3.05) is 19.7 Å². The maximum atomic E-state index is 11.7. The Morgan fingerprint density at radius 2 is 2.33 bits per heavy atom. The number of hydrogen-bond acceptors (Lipinski definition) is 4. The normalized spacial score (nSPS) is 18.4. The molecular weight excluding hydrogens is 266 g/mol. The van der Waals surface area contributed by atoms with Gasteiger partial charge >= 0.3 is 0 Å². The average Bonchev–Trinajstić information content (AvgIpc) is 2.53. The van der Waals surface area contributed by atoms with Crippen molar-refractivity contribution >= 4 is 5.91 Å². The lowest BCUT2D eigenvalue weighted by Gasteiger charge is -2.21. The SMILES string of the molecule is O=C(CC1CCCCO1)NCCCNCc1cccnc1. The number of carbonyl (C=O) groups is 1. The Morgan fingerprint density at radius 3 is 3.10 bits per heavy atom. The van der Waals surface area contributed by atoms with Crippen molar-refractivity contribution < 1.29 is 9.53 Å². The van der Waals surface area contributed by atoms with Gasteiger partial charge in [0.2, 0.25) is 5.91 Å². The number of nitrogens with one attached hydrogen (secondary N) is 2. The van der Waals surface area contributed by atoms with E-state index in [4.69, 9.17) is 4.74 Å². The molecule has 2 rings (SSSR count). The number of pyridine rings is 1. The van der Waals surface area contributed by atoms with Crippen molar-refractivity contribution in [2.24, 2.45) is 0 Å². The summed E-state index contributed by atoms with van der Waals surface area (Å²) in [6, 6.07) is 3.98. The highest BCUT2D eigenvalue weighted by Gasteiger charge is 2.16. The molecule has 0 bridgehead atoms. The van der Waals surface area contributed by atoms with Gasteiger partial charge in [0.05, 0.1) is 12.5 Å². The van der Waals surface area contributed by atoms with Gasteiger partial charge in [0, 0.05) is 32.1 Å². The van der Waals surface area contributed by atoms with Crippen LogP contribution >= 0.6 is 0 Å². The molecule has 1 saturated heterocycles. The summed E-state index contributed by atoms with van der Waals surface area (Å²) in [5.41, 5.74) is 1.18. The van der Waals surface area contributed by atoms with Crippen LogP contribution in [0.4, 0.5) is 0 Å². The van der Waals surface area contributed by atoms with Crippen LogP contribution in [0, 0.1) is 0 Å². The molecule has 0 spiro atoms. The van der Waals surface area contributed by atoms with Gasteiger partial charge in [0.1, 0.15) is 0 Å². The molecule has 0 saturated carbocycles. The second-order valence-corrected chi connectivity index (χ2v) is 5.43. The summed E-state index contributed by atoms with van der Waals surface area (Å²) >= 11 is 0. The van der Waals surface area contributed by atoms with E-state index >= 15 is 0 Å². The average molecular weight is 291 g/mol. The lowest BCUT2D eigenvalue weighted by atomic mass is 10.1. The fraction of sp³-hybridized carbons (Fsp3) is 0.625. The molecule has 5 nitrogen and oxygen atoms in total. The third-order valence-electron chi connectivity index (χ3n) is 3.59. The number of nitrogens with zero attached hydrogens (tertiary/aromatic N) is 1. The summed E-state index contributed by atoms with van der Waals surface area (Å²) < 4.78 is 5.56. The van der Waals surface area contributed by atoms with Gasteiger partial charge in [-0.2, -0.15) is 0 Å². The van der Waals surface area contributed by atoms with Gasteiger partial charge in [-0.1, -0.05) is 6.07 Å². The molecule has 1 unspecified atom stereocenters. The number of hydrogen-bond donors (Lipinski definition) is 2. The summed E-state index contributed by atoms with van der Waals surface area (Å²) in [5.74, 6) is 0.106. The van der Waals surface area contributed by atoms with E-state index in [0.29, 0.717) is 13.0 Å². The van der Waals surface area contributed by atoms with E-state index in [0.717, 1.165) is 39.0 Å². The Bertz CT molecular complexity index is 405. The highest BCUT2D eigenvalue weighted by Crippen LogP contribution is 2.15. The molecule has 5 heteroatoms. The van der Waals surface area contributed by atoms with E-state index < -0.39 is 0 Å². The molecule has 1 amide bonds. The molecule has 1 aromatic heterocycles. The van der Waals surface area contributed by atoms with Crippen molar-refractivity contribution in [1.82, 2.24) is 15.6 Å². The van der Waals surface area contributed by atoms with Gasteiger partial charge in [0.25, 0.3) is 0 Å². The molecule has 2 heterocycles. The number of aromatic nitrogens is 1. The molecule has 21 heavy (non-hydrogen) atoms. The molecular formula is C16H25N3O2. The summed E-state index contributed by atoms with van der Waals surface area (Å²) in [6.45, 7) is 3.22. The Labute approximate surface area is 126 Å². The zero-order valence-electron chi connectivity index (χ0n) is 12.5. The number of carbonyl (C=O) groups excluding carboxylic acids is 1. The van der Waals surface area contributed by atoms with Gasteiger partial charge in [-0.15, -0.1) is 0 Å². The van der Waals surface area contributed by atoms with Crippen molar-refractivity contribution in [3.63, 3.8) is 0 Å². The molecule has 116 valence electrons. The van der Waals surface area contributed by atoms with Crippen LogP contribution in [0.3, 0.4) is 0 Å². The Kier molecular flexibility index (Phi) is 7.18. The molecule has 1 aliphatic heterocycles. The zero-order valence-corrected chi connectivity index (χ0v) is 12.5. The topological polar surface area (TPSA) is 63.2 Å². The van der Waals surface area contributed by atoms with Gasteiger partial charge in [-0.25, -0.2) is 0 Å².